The average molecular weight is 259 g/mol. The summed E-state index contributed by atoms with van der Waals surface area (Å²) in [7, 11) is 0. The molecule has 88 valence electrons. The molecule has 0 spiro atoms. The van der Waals surface area contributed by atoms with E-state index in [0.29, 0.717) is 18.5 Å². The summed E-state index contributed by atoms with van der Waals surface area (Å²) < 4.78 is 0. The molecule has 1 saturated carbocycles. The number of halogens is 1. The van der Waals surface area contributed by atoms with Crippen LogP contribution in [-0.4, -0.2) is 34.3 Å². The Balaban J connectivity index is 2.18. The summed E-state index contributed by atoms with van der Waals surface area (Å²) in [4.78, 5) is 19.2. The van der Waals surface area contributed by atoms with Crippen molar-refractivity contribution in [3.05, 3.63) is 15.6 Å². The molecule has 16 heavy (non-hydrogen) atoms. The Morgan fingerprint density at radius 3 is 2.69 bits per heavy atom. The lowest BCUT2D eigenvalue weighted by molar-refractivity contribution is 0.0757. The highest BCUT2D eigenvalue weighted by Crippen LogP contribution is 2.30. The maximum atomic E-state index is 12.3. The second-order valence-corrected chi connectivity index (χ2v) is 5.65. The first-order chi connectivity index (χ1) is 7.63. The fourth-order valence-corrected chi connectivity index (χ4v) is 2.85. The first kappa shape index (κ1) is 11.9. The van der Waals surface area contributed by atoms with Crippen LogP contribution in [0, 0.1) is 13.8 Å². The maximum absolute atomic E-state index is 12.3. The van der Waals surface area contributed by atoms with Gasteiger partial charge in [0.1, 0.15) is 4.88 Å². The standard InChI is InChI=1S/C11H15ClN2OS/c1-7-10(16-8(2)13-7)11(15)14(6-5-12)9-3-4-9/h9H,3-6H2,1-2H3. The van der Waals surface area contributed by atoms with Crippen molar-refractivity contribution in [3.63, 3.8) is 0 Å². The molecular weight excluding hydrogens is 244 g/mol. The molecule has 3 nitrogen and oxygen atoms in total. The smallest absolute Gasteiger partial charge is 0.266 e. The molecule has 0 N–H and O–H groups in total. The van der Waals surface area contributed by atoms with E-state index in [1.165, 1.54) is 11.3 Å². The van der Waals surface area contributed by atoms with Crippen molar-refractivity contribution >= 4 is 28.8 Å². The van der Waals surface area contributed by atoms with E-state index in [1.807, 2.05) is 18.7 Å². The average Bonchev–Trinajstić information content (AvgIpc) is 3.00. The molecule has 1 fully saturated rings. The normalized spacial score (nSPS) is 15.2. The summed E-state index contributed by atoms with van der Waals surface area (Å²) in [6.07, 6.45) is 2.22. The van der Waals surface area contributed by atoms with Crippen LogP contribution in [-0.2, 0) is 0 Å². The van der Waals surface area contributed by atoms with Gasteiger partial charge in [0.25, 0.3) is 5.91 Å². The lowest BCUT2D eigenvalue weighted by atomic mass is 10.3. The molecule has 0 saturated heterocycles. The quantitative estimate of drug-likeness (QED) is 0.778. The van der Waals surface area contributed by atoms with Gasteiger partial charge in [-0.1, -0.05) is 0 Å². The van der Waals surface area contributed by atoms with Gasteiger partial charge in [-0.2, -0.15) is 0 Å². The topological polar surface area (TPSA) is 33.2 Å². The van der Waals surface area contributed by atoms with Crippen molar-refractivity contribution in [2.75, 3.05) is 12.4 Å². The van der Waals surface area contributed by atoms with Gasteiger partial charge in [0.05, 0.1) is 10.7 Å². The SMILES string of the molecule is Cc1nc(C)c(C(=O)N(CCCl)C2CC2)s1. The molecule has 1 aliphatic carbocycles. The molecule has 0 aromatic carbocycles. The zero-order valence-corrected chi connectivity index (χ0v) is 11.1. The first-order valence-electron chi connectivity index (χ1n) is 5.44. The van der Waals surface area contributed by atoms with Crippen LogP contribution in [0.3, 0.4) is 0 Å². The zero-order valence-electron chi connectivity index (χ0n) is 9.49. The van der Waals surface area contributed by atoms with Gasteiger partial charge in [0.2, 0.25) is 0 Å². The number of nitrogens with zero attached hydrogens (tertiary/aromatic N) is 2. The van der Waals surface area contributed by atoms with Gasteiger partial charge in [-0.3, -0.25) is 4.79 Å². The summed E-state index contributed by atoms with van der Waals surface area (Å²) in [6, 6.07) is 0.410. The Hall–Kier alpha value is -0.610. The van der Waals surface area contributed by atoms with E-state index < -0.39 is 0 Å². The van der Waals surface area contributed by atoms with Crippen LogP contribution in [0.4, 0.5) is 0 Å². The second-order valence-electron chi connectivity index (χ2n) is 4.07. The van der Waals surface area contributed by atoms with Crippen LogP contribution in [0.5, 0.6) is 0 Å². The number of thiazole rings is 1. The summed E-state index contributed by atoms with van der Waals surface area (Å²) in [5, 5.41) is 0.947. The molecule has 0 atom stereocenters. The molecule has 1 aliphatic rings. The van der Waals surface area contributed by atoms with E-state index in [-0.39, 0.29) is 5.91 Å². The van der Waals surface area contributed by atoms with Crippen molar-refractivity contribution in [3.8, 4) is 0 Å². The van der Waals surface area contributed by atoms with Crippen LogP contribution in [0.1, 0.15) is 33.2 Å². The maximum Gasteiger partial charge on any atom is 0.266 e. The first-order valence-corrected chi connectivity index (χ1v) is 6.79. The number of carbonyl (C=O) groups excluding carboxylic acids is 1. The van der Waals surface area contributed by atoms with Crippen molar-refractivity contribution in [2.45, 2.75) is 32.7 Å². The lowest BCUT2D eigenvalue weighted by Crippen LogP contribution is -2.34. The van der Waals surface area contributed by atoms with Crippen molar-refractivity contribution in [1.29, 1.82) is 0 Å². The highest BCUT2D eigenvalue weighted by Gasteiger charge is 2.33. The van der Waals surface area contributed by atoms with Crippen LogP contribution >= 0.6 is 22.9 Å². The number of carbonyl (C=O) groups is 1. The molecule has 0 unspecified atom stereocenters. The van der Waals surface area contributed by atoms with Crippen LogP contribution in [0.2, 0.25) is 0 Å². The number of alkyl halides is 1. The predicted molar refractivity (Wildman–Crippen MR) is 66.4 cm³/mol. The second kappa shape index (κ2) is 4.72. The molecule has 1 heterocycles. The van der Waals surface area contributed by atoms with E-state index in [4.69, 9.17) is 11.6 Å². The lowest BCUT2D eigenvalue weighted by Gasteiger charge is -2.20. The Labute approximate surface area is 104 Å². The van der Waals surface area contributed by atoms with E-state index in [9.17, 15) is 4.79 Å². The van der Waals surface area contributed by atoms with Crippen LogP contribution in [0.15, 0.2) is 0 Å². The van der Waals surface area contributed by atoms with Crippen molar-refractivity contribution < 1.29 is 4.79 Å². The summed E-state index contributed by atoms with van der Waals surface area (Å²) >= 11 is 7.21. The number of hydrogen-bond acceptors (Lipinski definition) is 3. The predicted octanol–water partition coefficient (Wildman–Crippen LogP) is 2.60. The molecule has 5 heteroatoms. The largest absolute Gasteiger partial charge is 0.334 e. The minimum absolute atomic E-state index is 0.103. The molecule has 1 amide bonds. The van der Waals surface area contributed by atoms with Crippen molar-refractivity contribution in [1.82, 2.24) is 9.88 Å². The van der Waals surface area contributed by atoms with Gasteiger partial charge < -0.3 is 4.90 Å². The number of hydrogen-bond donors (Lipinski definition) is 0. The van der Waals surface area contributed by atoms with Crippen LogP contribution in [0.25, 0.3) is 0 Å². The Morgan fingerprint density at radius 1 is 1.56 bits per heavy atom. The highest BCUT2D eigenvalue weighted by molar-refractivity contribution is 7.13. The third-order valence-corrected chi connectivity index (χ3v) is 3.90. The van der Waals surface area contributed by atoms with Crippen LogP contribution < -0.4 is 0 Å². The molecular formula is C11H15ClN2OS. The minimum Gasteiger partial charge on any atom is -0.334 e. The van der Waals surface area contributed by atoms with Gasteiger partial charge in [-0.25, -0.2) is 4.98 Å². The Morgan fingerprint density at radius 2 is 2.25 bits per heavy atom. The highest BCUT2D eigenvalue weighted by atomic mass is 35.5. The van der Waals surface area contributed by atoms with Gasteiger partial charge >= 0.3 is 0 Å². The molecule has 0 bridgehead atoms. The van der Waals surface area contributed by atoms with Gasteiger partial charge in [-0.15, -0.1) is 22.9 Å². The molecule has 1 aromatic rings. The Bertz CT molecular complexity index is 401. The van der Waals surface area contributed by atoms with Gasteiger partial charge in [0, 0.05) is 18.5 Å². The number of amides is 1. The molecule has 0 radical (unpaired) electrons. The summed E-state index contributed by atoms with van der Waals surface area (Å²) in [5.74, 6) is 0.602. The van der Waals surface area contributed by atoms with E-state index in [0.717, 1.165) is 28.4 Å². The molecule has 1 aromatic heterocycles. The number of aryl methyl sites for hydroxylation is 2. The van der Waals surface area contributed by atoms with E-state index in [2.05, 4.69) is 4.98 Å². The molecule has 2 rings (SSSR count). The van der Waals surface area contributed by atoms with E-state index in [1.54, 1.807) is 0 Å². The minimum atomic E-state index is 0.103. The van der Waals surface area contributed by atoms with Gasteiger partial charge in [-0.05, 0) is 26.7 Å². The number of rotatable bonds is 4. The fraction of sp³-hybridized carbons (Fsp3) is 0.636. The monoisotopic (exact) mass is 258 g/mol. The third-order valence-electron chi connectivity index (χ3n) is 2.67. The molecule has 0 aliphatic heterocycles. The van der Waals surface area contributed by atoms with E-state index >= 15 is 0 Å². The number of aromatic nitrogens is 1. The Kier molecular flexibility index (Phi) is 3.50. The third kappa shape index (κ3) is 2.38. The zero-order chi connectivity index (χ0) is 11.7. The van der Waals surface area contributed by atoms with Gasteiger partial charge in [0.15, 0.2) is 0 Å². The summed E-state index contributed by atoms with van der Waals surface area (Å²) in [6.45, 7) is 4.46. The van der Waals surface area contributed by atoms with Crippen molar-refractivity contribution in [2.24, 2.45) is 0 Å². The fourth-order valence-electron chi connectivity index (χ4n) is 1.79. The summed E-state index contributed by atoms with van der Waals surface area (Å²) in [5.41, 5.74) is 0.840.